The molecular formula is C19H18ClNO. The summed E-state index contributed by atoms with van der Waals surface area (Å²) in [6.07, 6.45) is 2.98. The van der Waals surface area contributed by atoms with Crippen molar-refractivity contribution in [2.24, 2.45) is 0 Å². The number of hydrogen-bond acceptors (Lipinski definition) is 1. The van der Waals surface area contributed by atoms with Gasteiger partial charge in [-0.2, -0.15) is 0 Å². The van der Waals surface area contributed by atoms with E-state index in [1.165, 1.54) is 18.1 Å². The first-order valence-corrected chi connectivity index (χ1v) is 7.77. The van der Waals surface area contributed by atoms with Crippen molar-refractivity contribution in [1.29, 1.82) is 0 Å². The summed E-state index contributed by atoms with van der Waals surface area (Å²) in [6.45, 7) is 3.57. The van der Waals surface area contributed by atoms with Gasteiger partial charge in [0.05, 0.1) is 0 Å². The van der Waals surface area contributed by atoms with Crippen LogP contribution >= 0.6 is 11.6 Å². The van der Waals surface area contributed by atoms with E-state index >= 15 is 0 Å². The fraction of sp³-hybridized carbons (Fsp3) is 0.211. The zero-order valence-corrected chi connectivity index (χ0v) is 13.4. The quantitative estimate of drug-likeness (QED) is 0.858. The number of nitrogens with one attached hydrogen (secondary N) is 1. The Morgan fingerprint density at radius 1 is 1.23 bits per heavy atom. The van der Waals surface area contributed by atoms with Gasteiger partial charge in [-0.3, -0.25) is 4.79 Å². The van der Waals surface area contributed by atoms with Gasteiger partial charge < -0.3 is 5.32 Å². The van der Waals surface area contributed by atoms with E-state index in [1.807, 2.05) is 25.1 Å². The highest BCUT2D eigenvalue weighted by atomic mass is 35.5. The van der Waals surface area contributed by atoms with E-state index < -0.39 is 0 Å². The van der Waals surface area contributed by atoms with Gasteiger partial charge in [0.15, 0.2) is 0 Å². The van der Waals surface area contributed by atoms with Crippen molar-refractivity contribution >= 4 is 23.2 Å². The summed E-state index contributed by atoms with van der Waals surface area (Å²) in [5.74, 6) is 0.256. The van der Waals surface area contributed by atoms with E-state index in [4.69, 9.17) is 11.6 Å². The van der Waals surface area contributed by atoms with Gasteiger partial charge >= 0.3 is 0 Å². The number of allylic oxidation sites excluding steroid dienone is 1. The molecule has 0 bridgehead atoms. The van der Waals surface area contributed by atoms with E-state index in [0.29, 0.717) is 5.92 Å². The molecule has 0 fully saturated rings. The number of aryl methyl sites for hydroxylation is 1. The Bertz CT molecular complexity index is 764. The maximum Gasteiger partial charge on any atom is 0.221 e. The standard InChI is InChI=1S/C19H18ClNO/c1-12-11-14(7-9-18(12)20)15-8-10-19(21-13(2)22)17-6-4-3-5-16(15)17/h3-7,9-11,15H,8H2,1-2H3,(H,21,22)/t15-/m1/s1. The zero-order valence-electron chi connectivity index (χ0n) is 12.7. The van der Waals surface area contributed by atoms with Crippen LogP contribution in [0.25, 0.3) is 5.70 Å². The number of halogens is 1. The van der Waals surface area contributed by atoms with Crippen molar-refractivity contribution in [2.75, 3.05) is 0 Å². The van der Waals surface area contributed by atoms with Crippen LogP contribution in [0.15, 0.2) is 48.5 Å². The lowest BCUT2D eigenvalue weighted by Gasteiger charge is -2.26. The van der Waals surface area contributed by atoms with Crippen molar-refractivity contribution in [3.8, 4) is 0 Å². The SMILES string of the molecule is CC(=O)NC1=CC[C@H](c2ccc(Cl)c(C)c2)c2ccccc21. The highest BCUT2D eigenvalue weighted by molar-refractivity contribution is 6.31. The number of carbonyl (C=O) groups is 1. The molecule has 22 heavy (non-hydrogen) atoms. The van der Waals surface area contributed by atoms with Crippen LogP contribution in [0.1, 0.15) is 41.5 Å². The van der Waals surface area contributed by atoms with Crippen LogP contribution in [0.2, 0.25) is 5.02 Å². The van der Waals surface area contributed by atoms with Crippen LogP contribution in [-0.4, -0.2) is 5.91 Å². The van der Waals surface area contributed by atoms with Gasteiger partial charge in [0.25, 0.3) is 0 Å². The molecule has 3 rings (SSSR count). The minimum atomic E-state index is -0.0400. The van der Waals surface area contributed by atoms with Crippen LogP contribution in [0.3, 0.4) is 0 Å². The summed E-state index contributed by atoms with van der Waals surface area (Å²) in [4.78, 5) is 11.4. The maximum atomic E-state index is 11.4. The van der Waals surface area contributed by atoms with Gasteiger partial charge in [-0.05, 0) is 36.1 Å². The second-order valence-electron chi connectivity index (χ2n) is 5.68. The third kappa shape index (κ3) is 2.79. The molecule has 0 aromatic heterocycles. The molecule has 1 N–H and O–H groups in total. The van der Waals surface area contributed by atoms with Crippen molar-refractivity contribution in [3.05, 3.63) is 75.8 Å². The number of rotatable bonds is 2. The van der Waals surface area contributed by atoms with E-state index in [-0.39, 0.29) is 5.91 Å². The van der Waals surface area contributed by atoms with Gasteiger partial charge in [0.2, 0.25) is 5.91 Å². The second kappa shape index (κ2) is 5.98. The average molecular weight is 312 g/mol. The summed E-state index contributed by atoms with van der Waals surface area (Å²) in [6, 6.07) is 14.5. The summed E-state index contributed by atoms with van der Waals surface area (Å²) in [5.41, 5.74) is 5.60. The van der Waals surface area contributed by atoms with Crippen molar-refractivity contribution in [3.63, 3.8) is 0 Å². The van der Waals surface area contributed by atoms with Gasteiger partial charge in [0.1, 0.15) is 0 Å². The molecule has 0 unspecified atom stereocenters. The number of carbonyl (C=O) groups excluding carboxylic acids is 1. The Morgan fingerprint density at radius 3 is 2.73 bits per heavy atom. The fourth-order valence-corrected chi connectivity index (χ4v) is 3.14. The van der Waals surface area contributed by atoms with Crippen molar-refractivity contribution in [2.45, 2.75) is 26.2 Å². The number of hydrogen-bond donors (Lipinski definition) is 1. The highest BCUT2D eigenvalue weighted by Crippen LogP contribution is 2.38. The fourth-order valence-electron chi connectivity index (χ4n) is 3.03. The third-order valence-corrected chi connectivity index (χ3v) is 4.50. The molecule has 2 aromatic carbocycles. The summed E-state index contributed by atoms with van der Waals surface area (Å²) in [5, 5.41) is 3.73. The molecule has 0 spiro atoms. The normalized spacial score (nSPS) is 16.7. The second-order valence-corrected chi connectivity index (χ2v) is 6.09. The lowest BCUT2D eigenvalue weighted by Crippen LogP contribution is -2.22. The lowest BCUT2D eigenvalue weighted by molar-refractivity contribution is -0.117. The van der Waals surface area contributed by atoms with Crippen LogP contribution < -0.4 is 5.32 Å². The molecule has 1 aliphatic rings. The van der Waals surface area contributed by atoms with E-state index in [1.54, 1.807) is 0 Å². The average Bonchev–Trinajstić information content (AvgIpc) is 2.50. The molecule has 2 nitrogen and oxygen atoms in total. The predicted octanol–water partition coefficient (Wildman–Crippen LogP) is 4.66. The molecule has 1 atom stereocenters. The van der Waals surface area contributed by atoms with Crippen LogP contribution in [0, 0.1) is 6.92 Å². The first-order chi connectivity index (χ1) is 10.6. The predicted molar refractivity (Wildman–Crippen MR) is 90.9 cm³/mol. The Morgan fingerprint density at radius 2 is 2.00 bits per heavy atom. The van der Waals surface area contributed by atoms with Crippen LogP contribution in [0.4, 0.5) is 0 Å². The Labute approximate surface area is 135 Å². The summed E-state index contributed by atoms with van der Waals surface area (Å²) >= 11 is 6.14. The molecular weight excluding hydrogens is 294 g/mol. The number of benzene rings is 2. The molecule has 2 aromatic rings. The number of fused-ring (bicyclic) bond motifs is 1. The van der Waals surface area contributed by atoms with Gasteiger partial charge in [-0.15, -0.1) is 0 Å². The maximum absolute atomic E-state index is 11.4. The van der Waals surface area contributed by atoms with E-state index in [2.05, 4.69) is 35.7 Å². The topological polar surface area (TPSA) is 29.1 Å². The zero-order chi connectivity index (χ0) is 15.7. The smallest absolute Gasteiger partial charge is 0.221 e. The van der Waals surface area contributed by atoms with Crippen LogP contribution in [-0.2, 0) is 4.79 Å². The highest BCUT2D eigenvalue weighted by Gasteiger charge is 2.23. The first-order valence-electron chi connectivity index (χ1n) is 7.39. The summed E-state index contributed by atoms with van der Waals surface area (Å²) < 4.78 is 0. The molecule has 0 saturated heterocycles. The largest absolute Gasteiger partial charge is 0.326 e. The van der Waals surface area contributed by atoms with E-state index in [0.717, 1.165) is 28.3 Å². The lowest BCUT2D eigenvalue weighted by atomic mass is 9.80. The molecule has 0 radical (unpaired) electrons. The van der Waals surface area contributed by atoms with Gasteiger partial charge in [-0.25, -0.2) is 0 Å². The Hall–Kier alpha value is -2.06. The van der Waals surface area contributed by atoms with Crippen molar-refractivity contribution < 1.29 is 4.79 Å². The van der Waals surface area contributed by atoms with E-state index in [9.17, 15) is 4.79 Å². The third-order valence-electron chi connectivity index (χ3n) is 4.08. The summed E-state index contributed by atoms with van der Waals surface area (Å²) in [7, 11) is 0. The molecule has 1 aliphatic carbocycles. The molecule has 112 valence electrons. The molecule has 0 saturated carbocycles. The first kappa shape index (κ1) is 14.9. The molecule has 0 aliphatic heterocycles. The van der Waals surface area contributed by atoms with Crippen LogP contribution in [0.5, 0.6) is 0 Å². The minimum absolute atomic E-state index is 0.0400. The monoisotopic (exact) mass is 311 g/mol. The molecule has 1 amide bonds. The van der Waals surface area contributed by atoms with Gasteiger partial charge in [0, 0.05) is 29.1 Å². The number of amides is 1. The Kier molecular flexibility index (Phi) is 4.04. The molecule has 3 heteroatoms. The minimum Gasteiger partial charge on any atom is -0.326 e. The van der Waals surface area contributed by atoms with Crippen molar-refractivity contribution in [1.82, 2.24) is 5.32 Å². The molecule has 0 heterocycles. The Balaban J connectivity index is 2.04. The van der Waals surface area contributed by atoms with Gasteiger partial charge in [-0.1, -0.05) is 54.1 Å².